The fourth-order valence-electron chi connectivity index (χ4n) is 1.86. The number of nitro groups is 1. The number of nitrogens with zero attached hydrogens (tertiary/aromatic N) is 1. The van der Waals surface area contributed by atoms with Crippen molar-refractivity contribution in [1.29, 1.82) is 0 Å². The van der Waals surface area contributed by atoms with Gasteiger partial charge in [0.2, 0.25) is 0 Å². The molecule has 1 atom stereocenters. The summed E-state index contributed by atoms with van der Waals surface area (Å²) in [6.45, 7) is 0. The lowest BCUT2D eigenvalue weighted by Gasteiger charge is -2.06. The summed E-state index contributed by atoms with van der Waals surface area (Å²) in [6.07, 6.45) is 0. The van der Waals surface area contributed by atoms with Gasteiger partial charge in [-0.2, -0.15) is 0 Å². The number of nitrogens with two attached hydrogens (primary N) is 1. The van der Waals surface area contributed by atoms with E-state index in [9.17, 15) is 14.3 Å². The third-order valence-electron chi connectivity index (χ3n) is 2.86. The predicted octanol–water partition coefficient (Wildman–Crippen LogP) is 2.49. The largest absolute Gasteiger partial charge is 0.490 e. The topological polar surface area (TPSA) is 95.5 Å². The van der Waals surface area contributed by atoms with Crippen molar-refractivity contribution in [2.75, 3.05) is 12.8 Å². The second-order valence-electron chi connectivity index (χ2n) is 4.33. The van der Waals surface area contributed by atoms with Crippen molar-refractivity contribution in [3.8, 4) is 5.75 Å². The van der Waals surface area contributed by atoms with Crippen LogP contribution in [-0.4, -0.2) is 16.2 Å². The summed E-state index contributed by atoms with van der Waals surface area (Å²) in [4.78, 5) is 11.0. The molecule has 0 amide bonds. The summed E-state index contributed by atoms with van der Waals surface area (Å²) < 4.78 is 17.2. The van der Waals surface area contributed by atoms with Gasteiger partial charge in [0.15, 0.2) is 5.75 Å². The highest BCUT2D eigenvalue weighted by Crippen LogP contribution is 2.28. The maximum absolute atomic E-state index is 12.3. The number of nitrogen functional groups attached to an aromatic ring is 1. The molecule has 0 saturated heterocycles. The third kappa shape index (κ3) is 3.57. The van der Waals surface area contributed by atoms with E-state index in [-0.39, 0.29) is 17.2 Å². The quantitative estimate of drug-likeness (QED) is 0.520. The highest BCUT2D eigenvalue weighted by molar-refractivity contribution is 7.84. The molecule has 0 aliphatic carbocycles. The first kappa shape index (κ1) is 15.0. The van der Waals surface area contributed by atoms with Gasteiger partial charge in [-0.1, -0.05) is 12.1 Å². The molecule has 0 saturated carbocycles. The van der Waals surface area contributed by atoms with Crippen LogP contribution in [0.4, 0.5) is 11.4 Å². The summed E-state index contributed by atoms with van der Waals surface area (Å²) in [6, 6.07) is 11.3. The average Bonchev–Trinajstić information content (AvgIpc) is 2.47. The minimum atomic E-state index is -1.32. The lowest BCUT2D eigenvalue weighted by molar-refractivity contribution is -0.385. The van der Waals surface area contributed by atoms with Crippen LogP contribution >= 0.6 is 0 Å². The normalized spacial score (nSPS) is 11.9. The Morgan fingerprint density at radius 1 is 1.29 bits per heavy atom. The molecule has 2 rings (SSSR count). The van der Waals surface area contributed by atoms with E-state index in [4.69, 9.17) is 10.5 Å². The molecule has 2 aromatic rings. The van der Waals surface area contributed by atoms with Crippen LogP contribution in [0.5, 0.6) is 5.75 Å². The molecule has 21 heavy (non-hydrogen) atoms. The van der Waals surface area contributed by atoms with E-state index in [2.05, 4.69) is 0 Å². The van der Waals surface area contributed by atoms with Crippen LogP contribution in [0.2, 0.25) is 0 Å². The van der Waals surface area contributed by atoms with Crippen LogP contribution in [0.1, 0.15) is 5.56 Å². The number of methoxy groups -OCH3 is 1. The Morgan fingerprint density at radius 3 is 2.67 bits per heavy atom. The van der Waals surface area contributed by atoms with Gasteiger partial charge in [0.25, 0.3) is 0 Å². The minimum absolute atomic E-state index is 0.139. The van der Waals surface area contributed by atoms with Crippen molar-refractivity contribution in [2.24, 2.45) is 0 Å². The molecule has 2 N–H and O–H groups in total. The van der Waals surface area contributed by atoms with E-state index in [0.717, 1.165) is 0 Å². The van der Waals surface area contributed by atoms with E-state index in [1.54, 1.807) is 30.3 Å². The van der Waals surface area contributed by atoms with E-state index in [0.29, 0.717) is 16.1 Å². The molecule has 110 valence electrons. The van der Waals surface area contributed by atoms with Crippen LogP contribution in [0.15, 0.2) is 47.4 Å². The summed E-state index contributed by atoms with van der Waals surface area (Å²) in [5.41, 5.74) is 6.64. The van der Waals surface area contributed by atoms with Gasteiger partial charge in [0.05, 0.1) is 28.6 Å². The smallest absolute Gasteiger partial charge is 0.311 e. The molecule has 7 heteroatoms. The number of hydrogen-bond donors (Lipinski definition) is 1. The zero-order valence-corrected chi connectivity index (χ0v) is 12.1. The maximum Gasteiger partial charge on any atom is 0.311 e. The zero-order chi connectivity index (χ0) is 15.4. The van der Waals surface area contributed by atoms with Crippen molar-refractivity contribution in [2.45, 2.75) is 10.6 Å². The predicted molar refractivity (Wildman–Crippen MR) is 80.6 cm³/mol. The number of ether oxygens (including phenoxy) is 1. The van der Waals surface area contributed by atoms with Crippen molar-refractivity contribution >= 4 is 22.2 Å². The Balaban J connectivity index is 2.25. The molecule has 0 aromatic heterocycles. The number of anilines is 1. The molecule has 0 radical (unpaired) electrons. The Labute approximate surface area is 124 Å². The SMILES string of the molecule is COc1ccc(CS(=O)c2cccc(N)c2)cc1[N+](=O)[O-]. The molecule has 0 aliphatic heterocycles. The van der Waals surface area contributed by atoms with Gasteiger partial charge in [-0.05, 0) is 29.8 Å². The molecule has 0 aliphatic rings. The van der Waals surface area contributed by atoms with Gasteiger partial charge < -0.3 is 10.5 Å². The summed E-state index contributed by atoms with van der Waals surface area (Å²) in [5.74, 6) is 0.354. The molecule has 0 heterocycles. The summed E-state index contributed by atoms with van der Waals surface area (Å²) >= 11 is 0. The molecule has 6 nitrogen and oxygen atoms in total. The minimum Gasteiger partial charge on any atom is -0.490 e. The Kier molecular flexibility index (Phi) is 4.54. The van der Waals surface area contributed by atoms with Crippen LogP contribution in [0.3, 0.4) is 0 Å². The Morgan fingerprint density at radius 2 is 2.05 bits per heavy atom. The van der Waals surface area contributed by atoms with Gasteiger partial charge in [0, 0.05) is 16.6 Å². The fourth-order valence-corrected chi connectivity index (χ4v) is 3.01. The van der Waals surface area contributed by atoms with Crippen molar-refractivity contribution in [3.63, 3.8) is 0 Å². The third-order valence-corrected chi connectivity index (χ3v) is 4.23. The highest BCUT2D eigenvalue weighted by Gasteiger charge is 2.16. The second-order valence-corrected chi connectivity index (χ2v) is 5.78. The second kappa shape index (κ2) is 6.36. The van der Waals surface area contributed by atoms with Gasteiger partial charge in [-0.25, -0.2) is 0 Å². The molecule has 0 fully saturated rings. The van der Waals surface area contributed by atoms with Gasteiger partial charge >= 0.3 is 5.69 Å². The van der Waals surface area contributed by atoms with E-state index in [1.165, 1.54) is 19.2 Å². The summed E-state index contributed by atoms with van der Waals surface area (Å²) in [5, 5.41) is 11.0. The lowest BCUT2D eigenvalue weighted by Crippen LogP contribution is -2.00. The highest BCUT2D eigenvalue weighted by atomic mass is 32.2. The molecule has 0 bridgehead atoms. The first-order valence-electron chi connectivity index (χ1n) is 6.06. The summed E-state index contributed by atoms with van der Waals surface area (Å²) in [7, 11) is 0.0498. The monoisotopic (exact) mass is 306 g/mol. The molecule has 1 unspecified atom stereocenters. The first-order valence-corrected chi connectivity index (χ1v) is 7.38. The lowest BCUT2D eigenvalue weighted by atomic mass is 10.2. The van der Waals surface area contributed by atoms with Crippen LogP contribution < -0.4 is 10.5 Å². The van der Waals surface area contributed by atoms with E-state index >= 15 is 0 Å². The van der Waals surface area contributed by atoms with Gasteiger partial charge in [-0.15, -0.1) is 0 Å². The Bertz CT molecular complexity index is 703. The number of nitro benzene ring substituents is 1. The van der Waals surface area contributed by atoms with Crippen molar-refractivity contribution in [3.05, 3.63) is 58.1 Å². The van der Waals surface area contributed by atoms with E-state index in [1.807, 2.05) is 0 Å². The van der Waals surface area contributed by atoms with Crippen molar-refractivity contribution in [1.82, 2.24) is 0 Å². The van der Waals surface area contributed by atoms with Gasteiger partial charge in [-0.3, -0.25) is 14.3 Å². The zero-order valence-electron chi connectivity index (χ0n) is 11.3. The first-order chi connectivity index (χ1) is 10.0. The van der Waals surface area contributed by atoms with Gasteiger partial charge in [0.1, 0.15) is 0 Å². The Hall–Kier alpha value is -2.41. The fraction of sp³-hybridized carbons (Fsp3) is 0.143. The molecule has 0 spiro atoms. The van der Waals surface area contributed by atoms with Crippen LogP contribution in [0, 0.1) is 10.1 Å². The number of rotatable bonds is 5. The maximum atomic E-state index is 12.3. The average molecular weight is 306 g/mol. The van der Waals surface area contributed by atoms with Crippen LogP contribution in [-0.2, 0) is 16.6 Å². The number of hydrogen-bond acceptors (Lipinski definition) is 5. The molecule has 2 aromatic carbocycles. The molecular weight excluding hydrogens is 292 g/mol. The number of benzene rings is 2. The van der Waals surface area contributed by atoms with Crippen LogP contribution in [0.25, 0.3) is 0 Å². The standard InChI is InChI=1S/C14H14N2O4S/c1-20-14-6-5-10(7-13(14)16(17)18)9-21(19)12-4-2-3-11(15)8-12/h2-8H,9,15H2,1H3. The van der Waals surface area contributed by atoms with Crippen molar-refractivity contribution < 1.29 is 13.9 Å². The molecular formula is C14H14N2O4S. The van der Waals surface area contributed by atoms with E-state index < -0.39 is 15.7 Å².